The van der Waals surface area contributed by atoms with Gasteiger partial charge in [-0.3, -0.25) is 0 Å². The average molecular weight is 285 g/mol. The molecule has 0 fully saturated rings. The molecule has 0 saturated carbocycles. The highest BCUT2D eigenvalue weighted by atomic mass is 79.9. The van der Waals surface area contributed by atoms with Crippen LogP contribution in [0.25, 0.3) is 6.08 Å². The predicted octanol–water partition coefficient (Wildman–Crippen LogP) is 4.31. The molecule has 0 N–H and O–H groups in total. The summed E-state index contributed by atoms with van der Waals surface area (Å²) in [6.45, 7) is 6.95. The second kappa shape index (κ2) is 4.99. The van der Waals surface area contributed by atoms with Crippen LogP contribution in [0.5, 0.6) is 5.75 Å². The smallest absolute Gasteiger partial charge is 0.118 e. The van der Waals surface area contributed by atoms with Gasteiger partial charge in [-0.05, 0) is 27.9 Å². The topological polar surface area (TPSA) is 9.23 Å². The Kier molecular flexibility index (Phi) is 4.17. The van der Waals surface area contributed by atoms with Crippen LogP contribution in [-0.4, -0.2) is 15.2 Å². The van der Waals surface area contributed by atoms with Crippen LogP contribution in [0.3, 0.4) is 0 Å². The first-order valence-electron chi connectivity index (χ1n) is 4.95. The van der Waals surface area contributed by atoms with Crippen molar-refractivity contribution in [3.63, 3.8) is 0 Å². The van der Waals surface area contributed by atoms with Crippen molar-refractivity contribution in [1.82, 2.24) is 0 Å². The van der Waals surface area contributed by atoms with E-state index in [1.165, 1.54) is 9.67 Å². The molecule has 15 heavy (non-hydrogen) atoms. The van der Waals surface area contributed by atoms with Crippen LogP contribution in [-0.2, 0) is 0 Å². The Balaban J connectivity index is 2.89. The van der Waals surface area contributed by atoms with E-state index in [4.69, 9.17) is 4.74 Å². The Labute approximate surface area is 101 Å². The molecule has 0 bridgehead atoms. The Morgan fingerprint density at radius 2 is 1.73 bits per heavy atom. The second-order valence-electron chi connectivity index (χ2n) is 4.52. The zero-order chi connectivity index (χ0) is 11.5. The van der Waals surface area contributed by atoms with Crippen molar-refractivity contribution in [3.05, 3.63) is 33.9 Å². The predicted molar refractivity (Wildman–Crippen MR) is 73.2 cm³/mol. The summed E-state index contributed by atoms with van der Waals surface area (Å²) in [6.07, 6.45) is 2.20. The highest BCUT2D eigenvalue weighted by molar-refractivity contribution is 9.12. The van der Waals surface area contributed by atoms with Crippen molar-refractivity contribution >= 4 is 30.1 Å². The Bertz CT molecular complexity index is 349. The van der Waals surface area contributed by atoms with Gasteiger partial charge in [0.25, 0.3) is 0 Å². The van der Waals surface area contributed by atoms with E-state index in [0.717, 1.165) is 5.75 Å². The van der Waals surface area contributed by atoms with Crippen LogP contribution in [0.1, 0.15) is 5.56 Å². The van der Waals surface area contributed by atoms with Gasteiger partial charge in [-0.1, -0.05) is 47.7 Å². The third-order valence-corrected chi connectivity index (χ3v) is 7.50. The average Bonchev–Trinajstić information content (AvgIpc) is 2.17. The zero-order valence-corrected chi connectivity index (χ0v) is 12.3. The lowest BCUT2D eigenvalue weighted by Gasteiger charge is -2.14. The first kappa shape index (κ1) is 12.5. The van der Waals surface area contributed by atoms with Gasteiger partial charge in [0.1, 0.15) is 5.75 Å². The summed E-state index contributed by atoms with van der Waals surface area (Å²) in [5, 5.41) is 0. The van der Waals surface area contributed by atoms with E-state index in [1.54, 1.807) is 7.11 Å². The van der Waals surface area contributed by atoms with Crippen molar-refractivity contribution < 1.29 is 4.74 Å². The lowest BCUT2D eigenvalue weighted by molar-refractivity contribution is 0.415. The molecule has 82 valence electrons. The van der Waals surface area contributed by atoms with Gasteiger partial charge >= 0.3 is 0 Å². The molecular formula is C12H17BrOSi. The largest absolute Gasteiger partial charge is 0.497 e. The maximum Gasteiger partial charge on any atom is 0.118 e. The Morgan fingerprint density at radius 1 is 1.20 bits per heavy atom. The van der Waals surface area contributed by atoms with Crippen LogP contribution < -0.4 is 4.74 Å². The van der Waals surface area contributed by atoms with Gasteiger partial charge in [0.05, 0.1) is 15.2 Å². The van der Waals surface area contributed by atoms with Crippen molar-refractivity contribution in [1.29, 1.82) is 0 Å². The van der Waals surface area contributed by atoms with Gasteiger partial charge in [0, 0.05) is 0 Å². The van der Waals surface area contributed by atoms with Gasteiger partial charge in [-0.15, -0.1) is 0 Å². The monoisotopic (exact) mass is 284 g/mol. The van der Waals surface area contributed by atoms with E-state index in [2.05, 4.69) is 53.8 Å². The highest BCUT2D eigenvalue weighted by Gasteiger charge is 2.16. The molecule has 0 aliphatic carbocycles. The maximum atomic E-state index is 5.12. The summed E-state index contributed by atoms with van der Waals surface area (Å²) in [4.78, 5) is 0. The number of benzene rings is 1. The number of rotatable bonds is 3. The van der Waals surface area contributed by atoms with Crippen LogP contribution in [0, 0.1) is 0 Å². The van der Waals surface area contributed by atoms with Gasteiger partial charge in [-0.25, -0.2) is 0 Å². The maximum absolute atomic E-state index is 5.12. The van der Waals surface area contributed by atoms with Gasteiger partial charge in [-0.2, -0.15) is 0 Å². The van der Waals surface area contributed by atoms with Crippen molar-refractivity contribution in [2.24, 2.45) is 0 Å². The SMILES string of the molecule is COc1ccc(/C=C(\Br)[Si](C)(C)C)cc1. The highest BCUT2D eigenvalue weighted by Crippen LogP contribution is 2.24. The third-order valence-electron chi connectivity index (χ3n) is 2.13. The molecule has 0 radical (unpaired) electrons. The number of ether oxygens (including phenoxy) is 1. The molecule has 0 atom stereocenters. The van der Waals surface area contributed by atoms with Crippen molar-refractivity contribution in [2.45, 2.75) is 19.6 Å². The van der Waals surface area contributed by atoms with Gasteiger partial charge in [0.2, 0.25) is 0 Å². The molecule has 0 spiro atoms. The molecule has 0 amide bonds. The molecule has 0 aliphatic rings. The summed E-state index contributed by atoms with van der Waals surface area (Å²) >= 11 is 3.66. The number of hydrogen-bond donors (Lipinski definition) is 0. The molecule has 0 aromatic heterocycles. The molecule has 0 heterocycles. The molecule has 0 aliphatic heterocycles. The first-order valence-corrected chi connectivity index (χ1v) is 9.24. The Hall–Kier alpha value is -0.543. The molecule has 3 heteroatoms. The van der Waals surface area contributed by atoms with Crippen LogP contribution in [0.4, 0.5) is 0 Å². The fourth-order valence-electron chi connectivity index (χ4n) is 1.06. The minimum atomic E-state index is -1.22. The summed E-state index contributed by atoms with van der Waals surface area (Å²) in [6, 6.07) is 8.10. The standard InChI is InChI=1S/C12H17BrOSi/c1-14-11-7-5-10(6-8-11)9-12(13)15(2,3)4/h5-9H,1-4H3/b12-9+. The second-order valence-corrected chi connectivity index (χ2v) is 11.1. The quantitative estimate of drug-likeness (QED) is 0.752. The van der Waals surface area contributed by atoms with Crippen LogP contribution >= 0.6 is 15.9 Å². The molecular weight excluding hydrogens is 268 g/mol. The van der Waals surface area contributed by atoms with Crippen molar-refractivity contribution in [2.75, 3.05) is 7.11 Å². The van der Waals surface area contributed by atoms with Gasteiger partial charge < -0.3 is 4.74 Å². The summed E-state index contributed by atoms with van der Waals surface area (Å²) in [5.41, 5.74) is 1.21. The van der Waals surface area contributed by atoms with Gasteiger partial charge in [0.15, 0.2) is 0 Å². The summed E-state index contributed by atoms with van der Waals surface area (Å²) in [7, 11) is 0.465. The summed E-state index contributed by atoms with van der Waals surface area (Å²) in [5.74, 6) is 0.899. The molecule has 0 unspecified atom stereocenters. The molecule has 1 nitrogen and oxygen atoms in total. The van der Waals surface area contributed by atoms with E-state index in [0.29, 0.717) is 0 Å². The lowest BCUT2D eigenvalue weighted by atomic mass is 10.2. The normalized spacial score (nSPS) is 12.7. The summed E-state index contributed by atoms with van der Waals surface area (Å²) < 4.78 is 6.45. The van der Waals surface area contributed by atoms with E-state index in [-0.39, 0.29) is 0 Å². The molecule has 1 aromatic rings. The van der Waals surface area contributed by atoms with E-state index < -0.39 is 8.07 Å². The van der Waals surface area contributed by atoms with E-state index in [9.17, 15) is 0 Å². The van der Waals surface area contributed by atoms with Crippen LogP contribution in [0.2, 0.25) is 19.6 Å². The fraction of sp³-hybridized carbons (Fsp3) is 0.333. The molecule has 0 saturated heterocycles. The fourth-order valence-corrected chi connectivity index (χ4v) is 1.93. The van der Waals surface area contributed by atoms with Crippen LogP contribution in [0.15, 0.2) is 28.4 Å². The van der Waals surface area contributed by atoms with E-state index >= 15 is 0 Å². The zero-order valence-electron chi connectivity index (χ0n) is 9.67. The molecule has 1 rings (SSSR count). The van der Waals surface area contributed by atoms with Crippen molar-refractivity contribution in [3.8, 4) is 5.75 Å². The number of halogens is 1. The first-order chi connectivity index (χ1) is 6.93. The minimum Gasteiger partial charge on any atom is -0.497 e. The number of methoxy groups -OCH3 is 1. The Morgan fingerprint density at radius 3 is 2.13 bits per heavy atom. The minimum absolute atomic E-state index is 0.899. The number of hydrogen-bond acceptors (Lipinski definition) is 1. The lowest BCUT2D eigenvalue weighted by Crippen LogP contribution is -2.19. The molecule has 1 aromatic carbocycles. The third kappa shape index (κ3) is 3.84. The van der Waals surface area contributed by atoms with E-state index in [1.807, 2.05) is 12.1 Å².